The van der Waals surface area contributed by atoms with E-state index < -0.39 is 0 Å². The minimum absolute atomic E-state index is 0.585. The third-order valence-corrected chi connectivity index (χ3v) is 3.92. The van der Waals surface area contributed by atoms with E-state index in [1.54, 1.807) is 0 Å². The van der Waals surface area contributed by atoms with Gasteiger partial charge in [-0.15, -0.1) is 0 Å². The van der Waals surface area contributed by atoms with Crippen molar-refractivity contribution in [2.45, 2.75) is 6.92 Å². The molecule has 0 aliphatic carbocycles. The molecule has 4 heteroatoms. The quantitative estimate of drug-likeness (QED) is 0.721. The number of halogens is 1. The van der Waals surface area contributed by atoms with Gasteiger partial charge in [0.1, 0.15) is 6.07 Å². The molecule has 1 N–H and O–H groups in total. The van der Waals surface area contributed by atoms with Gasteiger partial charge in [-0.25, -0.2) is 0 Å². The minimum Gasteiger partial charge on any atom is -0.353 e. The first-order chi connectivity index (χ1) is 10.2. The first-order valence-electron chi connectivity index (χ1n) is 6.51. The fourth-order valence-corrected chi connectivity index (χ4v) is 2.69. The summed E-state index contributed by atoms with van der Waals surface area (Å²) in [4.78, 5) is 4.59. The molecule has 3 aromatic rings. The molecule has 0 fully saturated rings. The van der Waals surface area contributed by atoms with E-state index >= 15 is 0 Å². The predicted octanol–water partition coefficient (Wildman–Crippen LogP) is 4.92. The second-order valence-electron chi connectivity index (χ2n) is 4.73. The number of benzene rings is 2. The molecule has 0 aliphatic rings. The van der Waals surface area contributed by atoms with Crippen molar-refractivity contribution in [2.24, 2.45) is 0 Å². The molecule has 3 rings (SSSR count). The second kappa shape index (κ2) is 5.55. The number of fused-ring (bicyclic) bond motifs is 1. The van der Waals surface area contributed by atoms with Crippen LogP contribution in [0.25, 0.3) is 10.9 Å². The first-order valence-corrected chi connectivity index (χ1v) is 7.30. The van der Waals surface area contributed by atoms with E-state index in [0.717, 1.165) is 32.4 Å². The largest absolute Gasteiger partial charge is 0.353 e. The molecule has 0 aliphatic heterocycles. The van der Waals surface area contributed by atoms with Gasteiger partial charge in [0.15, 0.2) is 0 Å². The van der Waals surface area contributed by atoms with Crippen molar-refractivity contribution in [2.75, 3.05) is 5.32 Å². The van der Waals surface area contributed by atoms with E-state index in [-0.39, 0.29) is 0 Å². The summed E-state index contributed by atoms with van der Waals surface area (Å²) in [5.74, 6) is 0. The first kappa shape index (κ1) is 13.6. The van der Waals surface area contributed by atoms with E-state index in [1.165, 1.54) is 0 Å². The van der Waals surface area contributed by atoms with Crippen LogP contribution in [-0.2, 0) is 0 Å². The van der Waals surface area contributed by atoms with Crippen molar-refractivity contribution in [1.82, 2.24) is 4.98 Å². The SMILES string of the molecule is Cc1ccc2cccc(Nc3cccc(Br)c3C#N)c2n1. The average Bonchev–Trinajstić information content (AvgIpc) is 2.48. The van der Waals surface area contributed by atoms with Crippen LogP contribution in [0.2, 0.25) is 0 Å². The highest BCUT2D eigenvalue weighted by atomic mass is 79.9. The Labute approximate surface area is 131 Å². The number of aryl methyl sites for hydroxylation is 1. The van der Waals surface area contributed by atoms with Gasteiger partial charge >= 0.3 is 0 Å². The number of hydrogen-bond donors (Lipinski definition) is 1. The van der Waals surface area contributed by atoms with Crippen LogP contribution in [0.15, 0.2) is 53.0 Å². The van der Waals surface area contributed by atoms with Crippen LogP contribution in [0.5, 0.6) is 0 Å². The molecular formula is C17H12BrN3. The van der Waals surface area contributed by atoms with E-state index in [4.69, 9.17) is 0 Å². The third kappa shape index (κ3) is 2.61. The number of nitriles is 1. The van der Waals surface area contributed by atoms with Gasteiger partial charge in [-0.2, -0.15) is 5.26 Å². The molecule has 0 atom stereocenters. The number of rotatable bonds is 2. The Morgan fingerprint density at radius 2 is 1.81 bits per heavy atom. The van der Waals surface area contributed by atoms with Crippen LogP contribution >= 0.6 is 15.9 Å². The Morgan fingerprint density at radius 1 is 1.05 bits per heavy atom. The number of pyridine rings is 1. The van der Waals surface area contributed by atoms with Gasteiger partial charge in [-0.3, -0.25) is 4.98 Å². The summed E-state index contributed by atoms with van der Waals surface area (Å²) in [6.45, 7) is 1.97. The van der Waals surface area contributed by atoms with Gasteiger partial charge in [0, 0.05) is 15.6 Å². The molecule has 0 saturated heterocycles. The molecule has 1 heterocycles. The predicted molar refractivity (Wildman–Crippen MR) is 88.6 cm³/mol. The molecule has 0 saturated carbocycles. The van der Waals surface area contributed by atoms with Gasteiger partial charge < -0.3 is 5.32 Å². The molecular weight excluding hydrogens is 326 g/mol. The zero-order chi connectivity index (χ0) is 14.8. The summed E-state index contributed by atoms with van der Waals surface area (Å²) in [6.07, 6.45) is 0. The van der Waals surface area contributed by atoms with Crippen molar-refractivity contribution in [1.29, 1.82) is 5.26 Å². The van der Waals surface area contributed by atoms with Gasteiger partial charge in [0.05, 0.1) is 22.5 Å². The highest BCUT2D eigenvalue weighted by Crippen LogP contribution is 2.29. The molecule has 0 amide bonds. The maximum absolute atomic E-state index is 9.30. The van der Waals surface area contributed by atoms with Crippen molar-refractivity contribution in [3.8, 4) is 6.07 Å². The zero-order valence-electron chi connectivity index (χ0n) is 11.4. The maximum atomic E-state index is 9.30. The lowest BCUT2D eigenvalue weighted by Gasteiger charge is -2.11. The third-order valence-electron chi connectivity index (χ3n) is 3.25. The molecule has 0 bridgehead atoms. The van der Waals surface area contributed by atoms with Gasteiger partial charge in [-0.05, 0) is 47.1 Å². The highest BCUT2D eigenvalue weighted by Gasteiger charge is 2.08. The molecule has 3 nitrogen and oxygen atoms in total. The molecule has 1 aromatic heterocycles. The van der Waals surface area contributed by atoms with Crippen molar-refractivity contribution >= 4 is 38.2 Å². The Morgan fingerprint density at radius 3 is 2.62 bits per heavy atom. The fraction of sp³-hybridized carbons (Fsp3) is 0.0588. The van der Waals surface area contributed by atoms with Crippen molar-refractivity contribution in [3.05, 3.63) is 64.3 Å². The van der Waals surface area contributed by atoms with Crippen LogP contribution < -0.4 is 5.32 Å². The summed E-state index contributed by atoms with van der Waals surface area (Å²) >= 11 is 3.40. The molecule has 0 unspecified atom stereocenters. The lowest BCUT2D eigenvalue weighted by molar-refractivity contribution is 1.25. The van der Waals surface area contributed by atoms with Crippen molar-refractivity contribution in [3.63, 3.8) is 0 Å². The fourth-order valence-electron chi connectivity index (χ4n) is 2.23. The topological polar surface area (TPSA) is 48.7 Å². The van der Waals surface area contributed by atoms with Crippen molar-refractivity contribution < 1.29 is 0 Å². The van der Waals surface area contributed by atoms with E-state index in [9.17, 15) is 5.26 Å². The van der Waals surface area contributed by atoms with Crippen LogP contribution in [-0.4, -0.2) is 4.98 Å². The summed E-state index contributed by atoms with van der Waals surface area (Å²) in [5, 5.41) is 13.7. The standard InChI is InChI=1S/C17H12BrN3/c1-11-8-9-12-4-2-7-16(17(12)20-11)21-15-6-3-5-14(18)13(15)10-19/h2-9,21H,1H3. The van der Waals surface area contributed by atoms with E-state index in [0.29, 0.717) is 5.56 Å². The van der Waals surface area contributed by atoms with E-state index in [1.807, 2.05) is 49.4 Å². The molecule has 102 valence electrons. The average molecular weight is 338 g/mol. The Bertz CT molecular complexity index is 866. The number of para-hydroxylation sites is 1. The van der Waals surface area contributed by atoms with Crippen LogP contribution in [0.1, 0.15) is 11.3 Å². The molecule has 0 spiro atoms. The number of nitrogens with one attached hydrogen (secondary N) is 1. The normalized spacial score (nSPS) is 10.3. The molecule has 2 aromatic carbocycles. The Kier molecular flexibility index (Phi) is 3.59. The lowest BCUT2D eigenvalue weighted by Crippen LogP contribution is -1.96. The Balaban J connectivity index is 2.13. The molecule has 21 heavy (non-hydrogen) atoms. The summed E-state index contributed by atoms with van der Waals surface area (Å²) in [5.41, 5.74) is 4.11. The van der Waals surface area contributed by atoms with Crippen LogP contribution in [0.3, 0.4) is 0 Å². The molecule has 0 radical (unpaired) electrons. The van der Waals surface area contributed by atoms with Gasteiger partial charge in [0.2, 0.25) is 0 Å². The number of nitrogens with zero attached hydrogens (tertiary/aromatic N) is 2. The summed E-state index contributed by atoms with van der Waals surface area (Å²) < 4.78 is 0.777. The van der Waals surface area contributed by atoms with Crippen LogP contribution in [0, 0.1) is 18.3 Å². The number of anilines is 2. The maximum Gasteiger partial charge on any atom is 0.103 e. The van der Waals surface area contributed by atoms with E-state index in [2.05, 4.69) is 38.4 Å². The number of aromatic nitrogens is 1. The van der Waals surface area contributed by atoms with Gasteiger partial charge in [0.25, 0.3) is 0 Å². The van der Waals surface area contributed by atoms with Gasteiger partial charge in [-0.1, -0.05) is 24.3 Å². The van der Waals surface area contributed by atoms with Crippen LogP contribution in [0.4, 0.5) is 11.4 Å². The highest BCUT2D eigenvalue weighted by molar-refractivity contribution is 9.10. The summed E-state index contributed by atoms with van der Waals surface area (Å²) in [6, 6.07) is 17.9. The smallest absolute Gasteiger partial charge is 0.103 e. The second-order valence-corrected chi connectivity index (χ2v) is 5.58. The monoisotopic (exact) mass is 337 g/mol. The zero-order valence-corrected chi connectivity index (χ0v) is 13.0. The Hall–Kier alpha value is -2.38. The minimum atomic E-state index is 0.585. The summed E-state index contributed by atoms with van der Waals surface area (Å²) in [7, 11) is 0. The number of hydrogen-bond acceptors (Lipinski definition) is 3. The lowest BCUT2D eigenvalue weighted by atomic mass is 10.1.